The van der Waals surface area contributed by atoms with E-state index in [0.29, 0.717) is 27.2 Å². The van der Waals surface area contributed by atoms with Crippen molar-refractivity contribution in [1.82, 2.24) is 14.5 Å². The molecular weight excluding hydrogens is 311 g/mol. The van der Waals surface area contributed by atoms with E-state index in [0.717, 1.165) is 5.39 Å². The molecule has 2 heterocycles. The number of pyridine rings is 1. The number of rotatable bonds is 2. The zero-order valence-electron chi connectivity index (χ0n) is 11.0. The Morgan fingerprint density at radius 2 is 2.05 bits per heavy atom. The number of nitrogens with one attached hydrogen (secondary N) is 1. The lowest BCUT2D eigenvalue weighted by molar-refractivity contribution is 0.924. The molecule has 1 N–H and O–H groups in total. The molecule has 2 aromatic heterocycles. The Bertz CT molecular complexity index is 892. The Hall–Kier alpha value is -2.11. The van der Waals surface area contributed by atoms with Crippen molar-refractivity contribution in [2.24, 2.45) is 0 Å². The molecule has 21 heavy (non-hydrogen) atoms. The zero-order valence-corrected chi connectivity index (χ0v) is 12.5. The number of fused-ring (bicyclic) bond motifs is 1. The van der Waals surface area contributed by atoms with Crippen molar-refractivity contribution in [1.29, 1.82) is 0 Å². The molecule has 0 fully saturated rings. The summed E-state index contributed by atoms with van der Waals surface area (Å²) < 4.78 is 1.35. The van der Waals surface area contributed by atoms with Crippen molar-refractivity contribution in [2.45, 2.75) is 0 Å². The normalized spacial score (nSPS) is 10.8. The van der Waals surface area contributed by atoms with Gasteiger partial charge in [0.2, 0.25) is 0 Å². The molecule has 0 aliphatic rings. The van der Waals surface area contributed by atoms with E-state index in [4.69, 9.17) is 23.2 Å². The highest BCUT2D eigenvalue weighted by molar-refractivity contribution is 6.32. The van der Waals surface area contributed by atoms with E-state index in [2.05, 4.69) is 15.3 Å². The average Bonchev–Trinajstić information content (AvgIpc) is 2.47. The van der Waals surface area contributed by atoms with E-state index in [9.17, 15) is 4.79 Å². The summed E-state index contributed by atoms with van der Waals surface area (Å²) in [4.78, 5) is 20.5. The van der Waals surface area contributed by atoms with Gasteiger partial charge in [-0.05, 0) is 30.3 Å². The lowest BCUT2D eigenvalue weighted by Crippen LogP contribution is -2.24. The number of hydrogen-bond acceptors (Lipinski definition) is 4. The minimum atomic E-state index is -0.477. The predicted molar refractivity (Wildman–Crippen MR) is 84.7 cm³/mol. The minimum Gasteiger partial charge on any atom is -0.372 e. The second kappa shape index (κ2) is 5.35. The molecule has 0 aliphatic carbocycles. The van der Waals surface area contributed by atoms with Gasteiger partial charge in [-0.2, -0.15) is 4.98 Å². The summed E-state index contributed by atoms with van der Waals surface area (Å²) in [5, 5.41) is 4.53. The van der Waals surface area contributed by atoms with Gasteiger partial charge < -0.3 is 5.32 Å². The van der Waals surface area contributed by atoms with Gasteiger partial charge in [-0.15, -0.1) is 0 Å². The van der Waals surface area contributed by atoms with Gasteiger partial charge in [0.05, 0.1) is 10.5 Å². The molecule has 1 aromatic carbocycles. The van der Waals surface area contributed by atoms with Crippen molar-refractivity contribution in [2.75, 3.05) is 12.4 Å². The molecule has 0 atom stereocenters. The Morgan fingerprint density at radius 1 is 1.24 bits per heavy atom. The van der Waals surface area contributed by atoms with E-state index in [1.807, 2.05) is 0 Å². The average molecular weight is 321 g/mol. The lowest BCUT2D eigenvalue weighted by atomic mass is 10.2. The van der Waals surface area contributed by atoms with Crippen molar-refractivity contribution in [3.05, 3.63) is 57.1 Å². The van der Waals surface area contributed by atoms with Gasteiger partial charge in [0.15, 0.2) is 5.82 Å². The molecule has 0 saturated heterocycles. The highest BCUT2D eigenvalue weighted by Gasteiger charge is 2.14. The molecule has 0 radical (unpaired) electrons. The van der Waals surface area contributed by atoms with Crippen LogP contribution in [-0.4, -0.2) is 21.6 Å². The smallest absolute Gasteiger partial charge is 0.355 e. The van der Waals surface area contributed by atoms with Crippen LogP contribution in [0, 0.1) is 0 Å². The van der Waals surface area contributed by atoms with Crippen LogP contribution in [0.25, 0.3) is 16.7 Å². The van der Waals surface area contributed by atoms with E-state index in [1.54, 1.807) is 43.6 Å². The summed E-state index contributed by atoms with van der Waals surface area (Å²) >= 11 is 12.2. The molecule has 0 spiro atoms. The Balaban J connectivity index is 2.48. The van der Waals surface area contributed by atoms with Crippen LogP contribution in [0.2, 0.25) is 10.0 Å². The fraction of sp³-hybridized carbons (Fsp3) is 0.0714. The molecule has 0 amide bonds. The monoisotopic (exact) mass is 320 g/mol. The third-order valence-corrected chi connectivity index (χ3v) is 3.57. The zero-order chi connectivity index (χ0) is 15.0. The number of aromatic nitrogens is 3. The fourth-order valence-corrected chi connectivity index (χ4v) is 2.51. The summed E-state index contributed by atoms with van der Waals surface area (Å²) in [6.45, 7) is 0. The van der Waals surface area contributed by atoms with Gasteiger partial charge in [0.25, 0.3) is 0 Å². The standard InChI is InChI=1S/C14H10Cl2N4O/c1-17-12-9-5-4-8(15)7-11(9)20(14(21)19-12)13-10(16)3-2-6-18-13/h2-7H,1H3,(H,17,19,21). The van der Waals surface area contributed by atoms with E-state index < -0.39 is 5.69 Å². The maximum Gasteiger partial charge on any atom is 0.355 e. The lowest BCUT2D eigenvalue weighted by Gasteiger charge is -2.12. The van der Waals surface area contributed by atoms with Crippen LogP contribution in [0.3, 0.4) is 0 Å². The molecule has 0 bridgehead atoms. The third kappa shape index (κ3) is 2.34. The summed E-state index contributed by atoms with van der Waals surface area (Å²) in [5.41, 5.74) is 0.113. The van der Waals surface area contributed by atoms with Gasteiger partial charge in [-0.3, -0.25) is 0 Å². The maximum atomic E-state index is 12.3. The van der Waals surface area contributed by atoms with Gasteiger partial charge in [0.1, 0.15) is 5.82 Å². The topological polar surface area (TPSA) is 59.8 Å². The largest absolute Gasteiger partial charge is 0.372 e. The van der Waals surface area contributed by atoms with Gasteiger partial charge >= 0.3 is 5.69 Å². The van der Waals surface area contributed by atoms with Crippen LogP contribution in [0.5, 0.6) is 0 Å². The van der Waals surface area contributed by atoms with Gasteiger partial charge in [-0.25, -0.2) is 14.3 Å². The molecule has 7 heteroatoms. The predicted octanol–water partition coefficient (Wildman–Crippen LogP) is 3.13. The van der Waals surface area contributed by atoms with Crippen molar-refractivity contribution >= 4 is 39.9 Å². The highest BCUT2D eigenvalue weighted by Crippen LogP contribution is 2.26. The summed E-state index contributed by atoms with van der Waals surface area (Å²) in [7, 11) is 1.70. The van der Waals surface area contributed by atoms with Crippen LogP contribution in [0.15, 0.2) is 41.3 Å². The molecule has 3 rings (SSSR count). The fourth-order valence-electron chi connectivity index (χ4n) is 2.14. The molecule has 0 unspecified atom stereocenters. The molecule has 0 saturated carbocycles. The third-order valence-electron chi connectivity index (χ3n) is 3.04. The van der Waals surface area contributed by atoms with Crippen molar-refractivity contribution in [3.8, 4) is 5.82 Å². The molecule has 3 aromatic rings. The highest BCUT2D eigenvalue weighted by atomic mass is 35.5. The second-order valence-electron chi connectivity index (χ2n) is 4.30. The number of anilines is 1. The first-order chi connectivity index (χ1) is 10.1. The van der Waals surface area contributed by atoms with Crippen LogP contribution in [0.4, 0.5) is 5.82 Å². The first-order valence-electron chi connectivity index (χ1n) is 6.13. The van der Waals surface area contributed by atoms with E-state index in [1.165, 1.54) is 4.57 Å². The molecular formula is C14H10Cl2N4O. The van der Waals surface area contributed by atoms with Crippen molar-refractivity contribution in [3.63, 3.8) is 0 Å². The van der Waals surface area contributed by atoms with E-state index in [-0.39, 0.29) is 0 Å². The first-order valence-corrected chi connectivity index (χ1v) is 6.88. The Kier molecular flexibility index (Phi) is 3.53. The van der Waals surface area contributed by atoms with Crippen molar-refractivity contribution < 1.29 is 0 Å². The second-order valence-corrected chi connectivity index (χ2v) is 5.14. The van der Waals surface area contributed by atoms with Crippen LogP contribution >= 0.6 is 23.2 Å². The van der Waals surface area contributed by atoms with Gasteiger partial charge in [-0.1, -0.05) is 23.2 Å². The maximum absolute atomic E-state index is 12.3. The number of nitrogens with zero attached hydrogens (tertiary/aromatic N) is 3. The first kappa shape index (κ1) is 13.9. The Morgan fingerprint density at radius 3 is 2.76 bits per heavy atom. The van der Waals surface area contributed by atoms with Crippen LogP contribution in [-0.2, 0) is 0 Å². The Labute approximate surface area is 130 Å². The summed E-state index contributed by atoms with van der Waals surface area (Å²) in [6.07, 6.45) is 1.57. The molecule has 106 valence electrons. The minimum absolute atomic E-state index is 0.326. The van der Waals surface area contributed by atoms with E-state index >= 15 is 0 Å². The summed E-state index contributed by atoms with van der Waals surface area (Å²) in [6, 6.07) is 8.58. The number of halogens is 2. The molecule has 0 aliphatic heterocycles. The van der Waals surface area contributed by atoms with Crippen LogP contribution < -0.4 is 11.0 Å². The summed E-state index contributed by atoms with van der Waals surface area (Å²) in [5.74, 6) is 0.807. The van der Waals surface area contributed by atoms with Gasteiger partial charge in [0, 0.05) is 23.7 Å². The van der Waals surface area contributed by atoms with Crippen LogP contribution in [0.1, 0.15) is 0 Å². The number of hydrogen-bond donors (Lipinski definition) is 1. The quantitative estimate of drug-likeness (QED) is 0.788. The SMILES string of the molecule is CNc1nc(=O)n(-c2ncccc2Cl)c2cc(Cl)ccc12. The molecule has 5 nitrogen and oxygen atoms in total. The number of benzene rings is 1.